The van der Waals surface area contributed by atoms with Crippen molar-refractivity contribution in [2.75, 3.05) is 0 Å². The number of benzene rings is 1. The Morgan fingerprint density at radius 1 is 1.07 bits per heavy atom. The minimum Gasteiger partial charge on any atom is -0.247 e. The molecule has 0 heterocycles. The van der Waals surface area contributed by atoms with Gasteiger partial charge in [-0.2, -0.15) is 0 Å². The lowest BCUT2D eigenvalue weighted by Crippen LogP contribution is -2.13. The van der Waals surface area contributed by atoms with Gasteiger partial charge in [0, 0.05) is 4.47 Å². The van der Waals surface area contributed by atoms with E-state index in [0.717, 1.165) is 25.7 Å². The molecule has 76 valence electrons. The minimum atomic E-state index is -0.561. The fourth-order valence-electron chi connectivity index (χ4n) is 2.17. The maximum Gasteiger partial charge on any atom is 0.100 e. The van der Waals surface area contributed by atoms with E-state index in [0.29, 0.717) is 5.92 Å². The van der Waals surface area contributed by atoms with Crippen molar-refractivity contribution in [3.8, 4) is 0 Å². The highest BCUT2D eigenvalue weighted by atomic mass is 79.9. The predicted octanol–water partition coefficient (Wildman–Crippen LogP) is 4.44. The Hall–Kier alpha value is -0.370. The second kappa shape index (κ2) is 4.43. The molecule has 0 aliphatic heterocycles. The fourth-order valence-corrected chi connectivity index (χ4v) is 2.78. The maximum absolute atomic E-state index is 13.0. The molecule has 0 unspecified atom stereocenters. The van der Waals surface area contributed by atoms with Crippen LogP contribution in [-0.2, 0) is 0 Å². The standard InChI is InChI=1S/C12H14BrF/c13-12-4-2-1-3-11(12)9-5-7-10(14)8-6-9/h1-4,9-10H,5-8H2. The summed E-state index contributed by atoms with van der Waals surface area (Å²) in [6.07, 6.45) is 2.87. The molecule has 1 fully saturated rings. The lowest BCUT2D eigenvalue weighted by Gasteiger charge is -2.25. The molecule has 14 heavy (non-hydrogen) atoms. The van der Waals surface area contributed by atoms with Crippen molar-refractivity contribution in [1.29, 1.82) is 0 Å². The summed E-state index contributed by atoms with van der Waals surface area (Å²) in [6.45, 7) is 0. The summed E-state index contributed by atoms with van der Waals surface area (Å²) >= 11 is 3.55. The molecule has 0 radical (unpaired) electrons. The highest BCUT2D eigenvalue weighted by molar-refractivity contribution is 9.10. The summed E-state index contributed by atoms with van der Waals surface area (Å²) in [5.41, 5.74) is 1.35. The predicted molar refractivity (Wildman–Crippen MR) is 60.2 cm³/mol. The summed E-state index contributed by atoms with van der Waals surface area (Å²) < 4.78 is 14.1. The molecule has 0 bridgehead atoms. The zero-order chi connectivity index (χ0) is 9.97. The van der Waals surface area contributed by atoms with E-state index >= 15 is 0 Å². The van der Waals surface area contributed by atoms with Gasteiger partial charge in [0.25, 0.3) is 0 Å². The van der Waals surface area contributed by atoms with E-state index in [1.165, 1.54) is 10.0 Å². The van der Waals surface area contributed by atoms with E-state index in [-0.39, 0.29) is 0 Å². The first-order valence-electron chi connectivity index (χ1n) is 5.16. The van der Waals surface area contributed by atoms with Crippen LogP contribution in [0, 0.1) is 0 Å². The molecule has 1 aromatic rings. The average Bonchev–Trinajstić information content (AvgIpc) is 2.20. The van der Waals surface area contributed by atoms with Crippen LogP contribution >= 0.6 is 15.9 Å². The molecular formula is C12H14BrF. The summed E-state index contributed by atoms with van der Waals surface area (Å²) in [5.74, 6) is 0.553. The Morgan fingerprint density at radius 2 is 1.71 bits per heavy atom. The molecule has 0 nitrogen and oxygen atoms in total. The lowest BCUT2D eigenvalue weighted by atomic mass is 9.83. The first-order chi connectivity index (χ1) is 6.77. The van der Waals surface area contributed by atoms with Gasteiger partial charge in [0.15, 0.2) is 0 Å². The van der Waals surface area contributed by atoms with Gasteiger partial charge >= 0.3 is 0 Å². The lowest BCUT2D eigenvalue weighted by molar-refractivity contribution is 0.235. The van der Waals surface area contributed by atoms with Crippen molar-refractivity contribution in [2.24, 2.45) is 0 Å². The monoisotopic (exact) mass is 256 g/mol. The van der Waals surface area contributed by atoms with Crippen molar-refractivity contribution in [1.82, 2.24) is 0 Å². The Bertz CT molecular complexity index is 303. The molecule has 2 heteroatoms. The molecule has 1 aromatic carbocycles. The van der Waals surface area contributed by atoms with Gasteiger partial charge in [-0.1, -0.05) is 34.1 Å². The van der Waals surface area contributed by atoms with Gasteiger partial charge in [0.2, 0.25) is 0 Å². The van der Waals surface area contributed by atoms with Crippen LogP contribution in [-0.4, -0.2) is 6.17 Å². The Morgan fingerprint density at radius 3 is 2.36 bits per heavy atom. The molecule has 0 atom stereocenters. The van der Waals surface area contributed by atoms with Crippen molar-refractivity contribution < 1.29 is 4.39 Å². The van der Waals surface area contributed by atoms with Gasteiger partial charge in [0.1, 0.15) is 6.17 Å². The van der Waals surface area contributed by atoms with Crippen LogP contribution in [0.2, 0.25) is 0 Å². The molecule has 0 aromatic heterocycles. The Kier molecular flexibility index (Phi) is 3.22. The zero-order valence-corrected chi connectivity index (χ0v) is 9.63. The zero-order valence-electron chi connectivity index (χ0n) is 8.05. The SMILES string of the molecule is FC1CCC(c2ccccc2Br)CC1. The molecule has 0 saturated heterocycles. The molecule has 1 aliphatic carbocycles. The Balaban J connectivity index is 2.12. The molecule has 0 N–H and O–H groups in total. The molecule has 2 rings (SSSR count). The number of alkyl halides is 1. The highest BCUT2D eigenvalue weighted by Gasteiger charge is 2.22. The summed E-state index contributed by atoms with van der Waals surface area (Å²) in [4.78, 5) is 0. The van der Waals surface area contributed by atoms with Crippen molar-refractivity contribution in [3.63, 3.8) is 0 Å². The maximum atomic E-state index is 13.0. The quantitative estimate of drug-likeness (QED) is 0.697. The van der Waals surface area contributed by atoms with Crippen molar-refractivity contribution in [2.45, 2.75) is 37.8 Å². The molecule has 0 spiro atoms. The summed E-state index contributed by atoms with van der Waals surface area (Å²) in [5, 5.41) is 0. The third kappa shape index (κ3) is 2.17. The number of rotatable bonds is 1. The van der Waals surface area contributed by atoms with E-state index < -0.39 is 6.17 Å². The fraction of sp³-hybridized carbons (Fsp3) is 0.500. The van der Waals surface area contributed by atoms with Crippen LogP contribution in [0.4, 0.5) is 4.39 Å². The largest absolute Gasteiger partial charge is 0.247 e. The van der Waals surface area contributed by atoms with Crippen LogP contribution in [0.1, 0.15) is 37.2 Å². The van der Waals surface area contributed by atoms with Crippen LogP contribution in [0.5, 0.6) is 0 Å². The summed E-state index contributed by atoms with van der Waals surface area (Å²) in [6, 6.07) is 8.29. The first-order valence-corrected chi connectivity index (χ1v) is 5.95. The van der Waals surface area contributed by atoms with Gasteiger partial charge in [-0.05, 0) is 43.2 Å². The van der Waals surface area contributed by atoms with Crippen LogP contribution < -0.4 is 0 Å². The van der Waals surface area contributed by atoms with Crippen LogP contribution in [0.15, 0.2) is 28.7 Å². The number of hydrogen-bond donors (Lipinski definition) is 0. The van der Waals surface area contributed by atoms with E-state index in [4.69, 9.17) is 0 Å². The smallest absolute Gasteiger partial charge is 0.100 e. The Labute approximate surface area is 92.6 Å². The molecule has 1 saturated carbocycles. The first kappa shape index (κ1) is 10.2. The van der Waals surface area contributed by atoms with E-state index in [9.17, 15) is 4.39 Å². The average molecular weight is 257 g/mol. The number of halogens is 2. The van der Waals surface area contributed by atoms with E-state index in [1.54, 1.807) is 0 Å². The number of hydrogen-bond acceptors (Lipinski definition) is 0. The molecular weight excluding hydrogens is 243 g/mol. The van der Waals surface area contributed by atoms with Crippen molar-refractivity contribution >= 4 is 15.9 Å². The highest BCUT2D eigenvalue weighted by Crippen LogP contribution is 2.37. The molecule has 0 amide bonds. The van der Waals surface area contributed by atoms with Gasteiger partial charge in [-0.25, -0.2) is 4.39 Å². The van der Waals surface area contributed by atoms with Gasteiger partial charge in [-0.15, -0.1) is 0 Å². The van der Waals surface area contributed by atoms with Crippen molar-refractivity contribution in [3.05, 3.63) is 34.3 Å². The van der Waals surface area contributed by atoms with Gasteiger partial charge < -0.3 is 0 Å². The second-order valence-corrected chi connectivity index (χ2v) is 4.82. The third-order valence-corrected chi connectivity index (χ3v) is 3.72. The summed E-state index contributed by atoms with van der Waals surface area (Å²) in [7, 11) is 0. The van der Waals surface area contributed by atoms with E-state index in [2.05, 4.69) is 34.1 Å². The van der Waals surface area contributed by atoms with Gasteiger partial charge in [-0.3, -0.25) is 0 Å². The minimum absolute atomic E-state index is 0.553. The third-order valence-electron chi connectivity index (χ3n) is 3.00. The second-order valence-electron chi connectivity index (χ2n) is 3.97. The van der Waals surface area contributed by atoms with Crippen LogP contribution in [0.25, 0.3) is 0 Å². The molecule has 1 aliphatic rings. The topological polar surface area (TPSA) is 0 Å². The van der Waals surface area contributed by atoms with Gasteiger partial charge in [0.05, 0.1) is 0 Å². The normalized spacial score (nSPS) is 27.6. The van der Waals surface area contributed by atoms with E-state index in [1.807, 2.05) is 6.07 Å². The van der Waals surface area contributed by atoms with Crippen LogP contribution in [0.3, 0.4) is 0 Å².